The van der Waals surface area contributed by atoms with E-state index in [2.05, 4.69) is 9.88 Å². The number of ether oxygens (including phenoxy) is 1. The topological polar surface area (TPSA) is 60.3 Å². The van der Waals surface area contributed by atoms with E-state index in [-0.39, 0.29) is 11.9 Å². The maximum absolute atomic E-state index is 12.7. The van der Waals surface area contributed by atoms with Crippen LogP contribution in [0, 0.1) is 13.8 Å². The lowest BCUT2D eigenvalue weighted by atomic mass is 10.1. The molecule has 0 aliphatic heterocycles. The van der Waals surface area contributed by atoms with Crippen molar-refractivity contribution >= 4 is 11.9 Å². The molecule has 0 spiro atoms. The molecule has 3 rings (SSSR count). The van der Waals surface area contributed by atoms with E-state index in [1.54, 1.807) is 12.1 Å². The Kier molecular flexibility index (Phi) is 4.93. The lowest BCUT2D eigenvalue weighted by Crippen LogP contribution is -2.33. The first-order valence-electron chi connectivity index (χ1n) is 8.74. The highest BCUT2D eigenvalue weighted by Crippen LogP contribution is 2.25. The monoisotopic (exact) mass is 340 g/mol. The minimum atomic E-state index is -0.931. The van der Waals surface area contributed by atoms with Crippen LogP contribution in [0.3, 0.4) is 0 Å². The molecule has 0 bridgehead atoms. The normalized spacial score (nSPS) is 14.8. The Bertz CT molecular complexity index is 776. The molecule has 1 aliphatic rings. The second kappa shape index (κ2) is 7.13. The summed E-state index contributed by atoms with van der Waals surface area (Å²) in [6, 6.07) is 11.2. The van der Waals surface area contributed by atoms with Crippen LogP contribution in [0.1, 0.15) is 53.2 Å². The van der Waals surface area contributed by atoms with E-state index < -0.39 is 12.1 Å². The quantitative estimate of drug-likeness (QED) is 0.821. The van der Waals surface area contributed by atoms with Crippen molar-refractivity contribution < 1.29 is 14.3 Å². The molecule has 0 saturated heterocycles. The molecule has 1 saturated carbocycles. The van der Waals surface area contributed by atoms with Gasteiger partial charge >= 0.3 is 5.97 Å². The van der Waals surface area contributed by atoms with Crippen LogP contribution in [-0.4, -0.2) is 22.5 Å². The van der Waals surface area contributed by atoms with E-state index in [0.29, 0.717) is 11.1 Å². The molecule has 1 amide bonds. The fourth-order valence-corrected chi connectivity index (χ4v) is 3.07. The molecule has 1 aromatic heterocycles. The fourth-order valence-electron chi connectivity index (χ4n) is 3.07. The van der Waals surface area contributed by atoms with Crippen molar-refractivity contribution in [1.82, 2.24) is 9.88 Å². The summed E-state index contributed by atoms with van der Waals surface area (Å²) in [6.45, 7) is 6.68. The number of esters is 1. The van der Waals surface area contributed by atoms with Crippen LogP contribution in [-0.2, 0) is 16.1 Å². The maximum Gasteiger partial charge on any atom is 0.341 e. The molecule has 1 fully saturated rings. The van der Waals surface area contributed by atoms with Gasteiger partial charge < -0.3 is 14.6 Å². The Morgan fingerprint density at radius 2 is 1.92 bits per heavy atom. The van der Waals surface area contributed by atoms with Gasteiger partial charge in [-0.3, -0.25) is 4.79 Å². The standard InChI is InChI=1S/C20H24N2O3/c1-4-22-13(2)12-17(14(22)3)20(24)25-18(15-8-6-5-7-9-15)19(23)21-16-10-11-16/h5-9,12,16,18H,4,10-11H2,1-3H3,(H,21,23). The average molecular weight is 340 g/mol. The Hall–Kier alpha value is -2.56. The van der Waals surface area contributed by atoms with Gasteiger partial charge in [0.2, 0.25) is 6.10 Å². The first-order chi connectivity index (χ1) is 12.0. The number of nitrogens with zero attached hydrogens (tertiary/aromatic N) is 1. The van der Waals surface area contributed by atoms with Crippen LogP contribution in [0.5, 0.6) is 0 Å². The first kappa shape index (κ1) is 17.3. The summed E-state index contributed by atoms with van der Waals surface area (Å²) in [5.41, 5.74) is 3.06. The van der Waals surface area contributed by atoms with E-state index in [1.165, 1.54) is 0 Å². The summed E-state index contributed by atoms with van der Waals surface area (Å²) in [7, 11) is 0. The molecule has 5 heteroatoms. The molecule has 25 heavy (non-hydrogen) atoms. The number of nitrogens with one attached hydrogen (secondary N) is 1. The Morgan fingerprint density at radius 1 is 1.24 bits per heavy atom. The number of carbonyl (C=O) groups is 2. The molecule has 0 radical (unpaired) electrons. The van der Waals surface area contributed by atoms with Crippen LogP contribution in [0.15, 0.2) is 36.4 Å². The third-order valence-electron chi connectivity index (χ3n) is 4.60. The van der Waals surface area contributed by atoms with Crippen molar-refractivity contribution in [3.8, 4) is 0 Å². The number of carbonyl (C=O) groups excluding carboxylic acids is 2. The number of amides is 1. The van der Waals surface area contributed by atoms with Crippen molar-refractivity contribution in [2.45, 2.75) is 52.3 Å². The van der Waals surface area contributed by atoms with Gasteiger partial charge in [0.05, 0.1) is 5.56 Å². The summed E-state index contributed by atoms with van der Waals surface area (Å²) in [5, 5.41) is 2.93. The minimum absolute atomic E-state index is 0.211. The molecule has 1 unspecified atom stereocenters. The summed E-state index contributed by atoms with van der Waals surface area (Å²) in [6.07, 6.45) is 1.04. The lowest BCUT2D eigenvalue weighted by Gasteiger charge is -2.18. The number of rotatable bonds is 6. The Morgan fingerprint density at radius 3 is 2.48 bits per heavy atom. The Labute approximate surface area is 148 Å². The van der Waals surface area contributed by atoms with Crippen LogP contribution in [0.4, 0.5) is 0 Å². The predicted molar refractivity (Wildman–Crippen MR) is 95.3 cm³/mol. The number of hydrogen-bond acceptors (Lipinski definition) is 3. The van der Waals surface area contributed by atoms with Crippen molar-refractivity contribution in [2.24, 2.45) is 0 Å². The zero-order valence-corrected chi connectivity index (χ0v) is 14.9. The second-order valence-electron chi connectivity index (χ2n) is 6.51. The van der Waals surface area contributed by atoms with Crippen molar-refractivity contribution in [3.63, 3.8) is 0 Å². The van der Waals surface area contributed by atoms with Crippen LogP contribution >= 0.6 is 0 Å². The molecule has 2 aromatic rings. The minimum Gasteiger partial charge on any atom is -0.444 e. The zero-order chi connectivity index (χ0) is 18.0. The van der Waals surface area contributed by atoms with Crippen molar-refractivity contribution in [3.05, 3.63) is 58.9 Å². The summed E-state index contributed by atoms with van der Waals surface area (Å²) in [5.74, 6) is -0.723. The lowest BCUT2D eigenvalue weighted by molar-refractivity contribution is -0.130. The zero-order valence-electron chi connectivity index (χ0n) is 14.9. The molecule has 1 N–H and O–H groups in total. The van der Waals surface area contributed by atoms with Gasteiger partial charge in [-0.05, 0) is 39.7 Å². The predicted octanol–water partition coefficient (Wildman–Crippen LogP) is 3.30. The third kappa shape index (κ3) is 3.76. The van der Waals surface area contributed by atoms with Gasteiger partial charge in [0, 0.05) is 29.5 Å². The molecule has 1 aliphatic carbocycles. The van der Waals surface area contributed by atoms with Crippen LogP contribution in [0.2, 0.25) is 0 Å². The number of aromatic nitrogens is 1. The first-order valence-corrected chi connectivity index (χ1v) is 8.74. The Balaban J connectivity index is 1.84. The van der Waals surface area contributed by atoms with Crippen molar-refractivity contribution in [1.29, 1.82) is 0 Å². The maximum atomic E-state index is 12.7. The van der Waals surface area contributed by atoms with Gasteiger partial charge in [0.1, 0.15) is 0 Å². The van der Waals surface area contributed by atoms with Gasteiger partial charge in [0.25, 0.3) is 5.91 Å². The number of aryl methyl sites for hydroxylation is 1. The molecule has 1 atom stereocenters. The van der Waals surface area contributed by atoms with Crippen LogP contribution in [0.25, 0.3) is 0 Å². The van der Waals surface area contributed by atoms with E-state index >= 15 is 0 Å². The van der Waals surface area contributed by atoms with Gasteiger partial charge in [-0.25, -0.2) is 4.79 Å². The van der Waals surface area contributed by atoms with E-state index in [9.17, 15) is 9.59 Å². The highest BCUT2D eigenvalue weighted by Gasteiger charge is 2.31. The molecule has 5 nitrogen and oxygen atoms in total. The van der Waals surface area contributed by atoms with Crippen LogP contribution < -0.4 is 5.32 Å². The van der Waals surface area contributed by atoms with E-state index in [4.69, 9.17) is 4.74 Å². The molecule has 1 aromatic carbocycles. The smallest absolute Gasteiger partial charge is 0.341 e. The van der Waals surface area contributed by atoms with E-state index in [1.807, 2.05) is 45.0 Å². The summed E-state index contributed by atoms with van der Waals surface area (Å²) >= 11 is 0. The van der Waals surface area contributed by atoms with Gasteiger partial charge in [-0.2, -0.15) is 0 Å². The fraction of sp³-hybridized carbons (Fsp3) is 0.400. The van der Waals surface area contributed by atoms with Gasteiger partial charge in [-0.1, -0.05) is 30.3 Å². The SMILES string of the molecule is CCn1c(C)cc(C(=O)OC(C(=O)NC2CC2)c2ccccc2)c1C. The highest BCUT2D eigenvalue weighted by molar-refractivity contribution is 5.94. The molecular weight excluding hydrogens is 316 g/mol. The number of hydrogen-bond donors (Lipinski definition) is 1. The second-order valence-corrected chi connectivity index (χ2v) is 6.51. The highest BCUT2D eigenvalue weighted by atomic mass is 16.5. The number of benzene rings is 1. The molecule has 1 heterocycles. The van der Waals surface area contributed by atoms with Gasteiger partial charge in [-0.15, -0.1) is 0 Å². The summed E-state index contributed by atoms with van der Waals surface area (Å²) in [4.78, 5) is 25.3. The third-order valence-corrected chi connectivity index (χ3v) is 4.60. The van der Waals surface area contributed by atoms with Crippen molar-refractivity contribution in [2.75, 3.05) is 0 Å². The average Bonchev–Trinajstić information content (AvgIpc) is 3.37. The van der Waals surface area contributed by atoms with Gasteiger partial charge in [0.15, 0.2) is 0 Å². The van der Waals surface area contributed by atoms with E-state index in [0.717, 1.165) is 30.8 Å². The summed E-state index contributed by atoms with van der Waals surface area (Å²) < 4.78 is 7.70. The largest absolute Gasteiger partial charge is 0.444 e. The molecular formula is C20H24N2O3. The molecule has 132 valence electrons.